The van der Waals surface area contributed by atoms with Crippen LogP contribution in [0.4, 0.5) is 10.1 Å². The maximum atomic E-state index is 13.9. The molecule has 0 amide bonds. The van der Waals surface area contributed by atoms with Gasteiger partial charge in [-0.15, -0.1) is 24.0 Å². The van der Waals surface area contributed by atoms with Crippen LogP contribution in [0, 0.1) is 5.82 Å². The minimum absolute atomic E-state index is 0. The number of halogens is 2. The van der Waals surface area contributed by atoms with E-state index in [-0.39, 0.29) is 29.8 Å². The van der Waals surface area contributed by atoms with E-state index < -0.39 is 0 Å². The molecule has 0 atom stereocenters. The van der Waals surface area contributed by atoms with Crippen LogP contribution < -0.4 is 10.6 Å². The van der Waals surface area contributed by atoms with Crippen LogP contribution in [0.1, 0.15) is 25.7 Å². The van der Waals surface area contributed by atoms with E-state index >= 15 is 0 Å². The summed E-state index contributed by atoms with van der Waals surface area (Å²) < 4.78 is 13.9. The van der Waals surface area contributed by atoms with E-state index in [1.54, 1.807) is 6.07 Å². The average Bonchev–Trinajstić information content (AvgIpc) is 2.67. The smallest absolute Gasteiger partial charge is 0.191 e. The molecule has 0 bridgehead atoms. The number of nitrogens with zero attached hydrogens (tertiary/aromatic N) is 4. The molecule has 2 heterocycles. The van der Waals surface area contributed by atoms with E-state index in [0.29, 0.717) is 5.96 Å². The molecule has 26 heavy (non-hydrogen) atoms. The third-order valence-corrected chi connectivity index (χ3v) is 5.15. The maximum Gasteiger partial charge on any atom is 0.191 e. The molecule has 5 nitrogen and oxygen atoms in total. The summed E-state index contributed by atoms with van der Waals surface area (Å²) >= 11 is 0. The van der Waals surface area contributed by atoms with Crippen LogP contribution in [0.3, 0.4) is 0 Å². The molecule has 0 radical (unpaired) electrons. The zero-order valence-electron chi connectivity index (χ0n) is 15.4. The Morgan fingerprint density at radius 1 is 1.00 bits per heavy atom. The molecule has 146 valence electrons. The molecule has 1 aromatic carbocycles. The predicted octanol–water partition coefficient (Wildman–Crippen LogP) is 2.76. The fraction of sp³-hybridized carbons (Fsp3) is 0.632. The van der Waals surface area contributed by atoms with Gasteiger partial charge >= 0.3 is 0 Å². The second-order valence-corrected chi connectivity index (χ2v) is 6.92. The fourth-order valence-corrected chi connectivity index (χ4v) is 3.63. The minimum atomic E-state index is -0.126. The van der Waals surface area contributed by atoms with Gasteiger partial charge in [-0.05, 0) is 37.8 Å². The summed E-state index contributed by atoms with van der Waals surface area (Å²) in [5.41, 5.74) is 6.81. The number of hydrogen-bond donors (Lipinski definition) is 1. The average molecular weight is 475 g/mol. The lowest BCUT2D eigenvalue weighted by molar-refractivity contribution is 0.255. The normalized spacial score (nSPS) is 19.3. The number of nitrogens with two attached hydrogens (primary N) is 1. The number of hydrogen-bond acceptors (Lipinski definition) is 3. The summed E-state index contributed by atoms with van der Waals surface area (Å²) in [5.74, 6) is 0.586. The predicted molar refractivity (Wildman–Crippen MR) is 117 cm³/mol. The van der Waals surface area contributed by atoms with Gasteiger partial charge in [0.1, 0.15) is 5.82 Å². The van der Waals surface area contributed by atoms with Crippen LogP contribution in [-0.2, 0) is 0 Å². The van der Waals surface area contributed by atoms with Gasteiger partial charge in [0.15, 0.2) is 5.96 Å². The zero-order valence-corrected chi connectivity index (χ0v) is 17.8. The van der Waals surface area contributed by atoms with Crippen LogP contribution in [0.5, 0.6) is 0 Å². The van der Waals surface area contributed by atoms with E-state index in [2.05, 4.69) is 19.7 Å². The van der Waals surface area contributed by atoms with Crippen molar-refractivity contribution in [2.45, 2.75) is 25.7 Å². The Labute approximate surface area is 173 Å². The van der Waals surface area contributed by atoms with Crippen molar-refractivity contribution in [3.05, 3.63) is 30.1 Å². The van der Waals surface area contributed by atoms with Crippen molar-refractivity contribution in [1.82, 2.24) is 9.80 Å². The SMILES string of the molecule is I.NC(=NCCCN1CCN(c2ccccc2F)CC1)N1CCCCC1. The van der Waals surface area contributed by atoms with Gasteiger partial charge < -0.3 is 15.5 Å². The van der Waals surface area contributed by atoms with Crippen molar-refractivity contribution in [3.8, 4) is 0 Å². The first-order chi connectivity index (χ1) is 12.2. The monoisotopic (exact) mass is 475 g/mol. The van der Waals surface area contributed by atoms with Crippen molar-refractivity contribution in [2.75, 3.05) is 57.3 Å². The van der Waals surface area contributed by atoms with Gasteiger partial charge in [0.2, 0.25) is 0 Å². The van der Waals surface area contributed by atoms with Crippen LogP contribution in [0.15, 0.2) is 29.3 Å². The molecular formula is C19H31FIN5. The number of likely N-dealkylation sites (tertiary alicyclic amines) is 1. The number of benzene rings is 1. The van der Waals surface area contributed by atoms with Crippen molar-refractivity contribution >= 4 is 35.6 Å². The van der Waals surface area contributed by atoms with Crippen LogP contribution in [0.25, 0.3) is 0 Å². The highest BCUT2D eigenvalue weighted by molar-refractivity contribution is 14.0. The Kier molecular flexibility index (Phi) is 8.90. The molecule has 2 N–H and O–H groups in total. The summed E-state index contributed by atoms with van der Waals surface area (Å²) in [4.78, 5) is 11.3. The van der Waals surface area contributed by atoms with Crippen molar-refractivity contribution in [3.63, 3.8) is 0 Å². The topological polar surface area (TPSA) is 48.1 Å². The number of piperazine rings is 1. The van der Waals surface area contributed by atoms with E-state index in [1.807, 2.05) is 12.1 Å². The molecular weight excluding hydrogens is 444 g/mol. The lowest BCUT2D eigenvalue weighted by Crippen LogP contribution is -2.47. The van der Waals surface area contributed by atoms with Gasteiger partial charge in [0.05, 0.1) is 5.69 Å². The van der Waals surface area contributed by atoms with Crippen LogP contribution >= 0.6 is 24.0 Å². The summed E-state index contributed by atoms with van der Waals surface area (Å²) in [7, 11) is 0. The minimum Gasteiger partial charge on any atom is -0.370 e. The number of para-hydroxylation sites is 1. The molecule has 7 heteroatoms. The number of aliphatic imine (C=N–C) groups is 1. The lowest BCUT2D eigenvalue weighted by Gasteiger charge is -2.36. The Morgan fingerprint density at radius 3 is 2.38 bits per heavy atom. The highest BCUT2D eigenvalue weighted by Crippen LogP contribution is 2.20. The fourth-order valence-electron chi connectivity index (χ4n) is 3.63. The molecule has 0 unspecified atom stereocenters. The summed E-state index contributed by atoms with van der Waals surface area (Å²) in [5, 5.41) is 0. The molecule has 0 saturated carbocycles. The molecule has 2 saturated heterocycles. The number of guanidine groups is 1. The highest BCUT2D eigenvalue weighted by Gasteiger charge is 2.18. The Hall–Kier alpha value is -1.09. The molecule has 1 aromatic rings. The number of anilines is 1. The van der Waals surface area contributed by atoms with E-state index in [1.165, 1.54) is 25.3 Å². The Morgan fingerprint density at radius 2 is 1.69 bits per heavy atom. The van der Waals surface area contributed by atoms with E-state index in [9.17, 15) is 4.39 Å². The van der Waals surface area contributed by atoms with Gasteiger partial charge in [-0.25, -0.2) is 4.39 Å². The van der Waals surface area contributed by atoms with E-state index in [0.717, 1.165) is 64.5 Å². The molecule has 0 spiro atoms. The number of piperidine rings is 1. The molecule has 2 aliphatic rings. The van der Waals surface area contributed by atoms with Gasteiger partial charge in [-0.3, -0.25) is 9.89 Å². The molecule has 0 aliphatic carbocycles. The third-order valence-electron chi connectivity index (χ3n) is 5.15. The van der Waals surface area contributed by atoms with E-state index in [4.69, 9.17) is 5.73 Å². The standard InChI is InChI=1S/C19H30FN5.HI/c20-17-7-2-3-8-18(17)24-15-13-23(14-16-24)10-6-9-22-19(21)25-11-4-1-5-12-25;/h2-3,7-8H,1,4-6,9-16H2,(H2,21,22);1H. The molecule has 0 aromatic heterocycles. The number of rotatable bonds is 5. The molecule has 3 rings (SSSR count). The second-order valence-electron chi connectivity index (χ2n) is 6.92. The van der Waals surface area contributed by atoms with Crippen molar-refractivity contribution < 1.29 is 4.39 Å². The van der Waals surface area contributed by atoms with Gasteiger partial charge in [-0.2, -0.15) is 0 Å². The van der Waals surface area contributed by atoms with Crippen molar-refractivity contribution in [1.29, 1.82) is 0 Å². The maximum absolute atomic E-state index is 13.9. The largest absolute Gasteiger partial charge is 0.370 e. The second kappa shape index (κ2) is 10.9. The quantitative estimate of drug-likeness (QED) is 0.308. The van der Waals surface area contributed by atoms with Crippen molar-refractivity contribution in [2.24, 2.45) is 10.7 Å². The van der Waals surface area contributed by atoms with Gasteiger partial charge in [0, 0.05) is 52.4 Å². The summed E-state index contributed by atoms with van der Waals surface area (Å²) in [6.45, 7) is 7.61. The zero-order chi connectivity index (χ0) is 17.5. The lowest BCUT2D eigenvalue weighted by atomic mass is 10.1. The Bertz CT molecular complexity index is 569. The highest BCUT2D eigenvalue weighted by atomic mass is 127. The third kappa shape index (κ3) is 5.97. The van der Waals surface area contributed by atoms with Gasteiger partial charge in [0.25, 0.3) is 0 Å². The van der Waals surface area contributed by atoms with Gasteiger partial charge in [-0.1, -0.05) is 12.1 Å². The first-order valence-corrected chi connectivity index (χ1v) is 9.51. The molecule has 2 aliphatic heterocycles. The van der Waals surface area contributed by atoms with Crippen LogP contribution in [0.2, 0.25) is 0 Å². The molecule has 2 fully saturated rings. The Balaban J connectivity index is 0.00000243. The summed E-state index contributed by atoms with van der Waals surface area (Å²) in [6.07, 6.45) is 4.78. The first kappa shape index (κ1) is 21.2. The van der Waals surface area contributed by atoms with Crippen LogP contribution in [-0.4, -0.2) is 68.1 Å². The first-order valence-electron chi connectivity index (χ1n) is 9.51. The summed E-state index contributed by atoms with van der Waals surface area (Å²) in [6, 6.07) is 7.04.